The Bertz CT molecular complexity index is 430. The Morgan fingerprint density at radius 3 is 2.89 bits per heavy atom. The van der Waals surface area contributed by atoms with E-state index in [4.69, 9.17) is 9.47 Å². The van der Waals surface area contributed by atoms with Crippen LogP contribution in [0.5, 0.6) is 5.88 Å². The standard InChI is InChI=1S/C14H20N2O3/c1-3-19-13-5-10(6-13)4-12(17)7-11-8-14(18-2)16-9-15-11/h8-10,13H,3-7H2,1-2H3. The van der Waals surface area contributed by atoms with Crippen LogP contribution in [0.2, 0.25) is 0 Å². The van der Waals surface area contributed by atoms with Crippen molar-refractivity contribution < 1.29 is 14.3 Å². The highest BCUT2D eigenvalue weighted by molar-refractivity contribution is 5.80. The summed E-state index contributed by atoms with van der Waals surface area (Å²) in [6.45, 7) is 2.76. The molecular formula is C14H20N2O3. The largest absolute Gasteiger partial charge is 0.481 e. The van der Waals surface area contributed by atoms with Gasteiger partial charge < -0.3 is 9.47 Å². The van der Waals surface area contributed by atoms with Gasteiger partial charge in [-0.1, -0.05) is 0 Å². The average molecular weight is 264 g/mol. The third-order valence-electron chi connectivity index (χ3n) is 3.40. The van der Waals surface area contributed by atoms with Gasteiger partial charge in [0.25, 0.3) is 0 Å². The first-order valence-corrected chi connectivity index (χ1v) is 6.69. The SMILES string of the molecule is CCOC1CC(CC(=O)Cc2cc(OC)ncn2)C1. The van der Waals surface area contributed by atoms with Gasteiger partial charge in [0.2, 0.25) is 5.88 Å². The number of methoxy groups -OCH3 is 1. The fraction of sp³-hybridized carbons (Fsp3) is 0.643. The minimum Gasteiger partial charge on any atom is -0.481 e. The number of carbonyl (C=O) groups is 1. The summed E-state index contributed by atoms with van der Waals surface area (Å²) >= 11 is 0. The first-order valence-electron chi connectivity index (χ1n) is 6.69. The summed E-state index contributed by atoms with van der Waals surface area (Å²) in [4.78, 5) is 19.9. The number of nitrogens with zero attached hydrogens (tertiary/aromatic N) is 2. The van der Waals surface area contributed by atoms with Gasteiger partial charge in [-0.3, -0.25) is 4.79 Å². The molecule has 1 aliphatic rings. The molecule has 0 saturated heterocycles. The molecule has 1 heterocycles. The molecule has 0 unspecified atom stereocenters. The zero-order valence-electron chi connectivity index (χ0n) is 11.5. The van der Waals surface area contributed by atoms with Gasteiger partial charge in [-0.15, -0.1) is 0 Å². The summed E-state index contributed by atoms with van der Waals surface area (Å²) in [5.74, 6) is 1.20. The van der Waals surface area contributed by atoms with Gasteiger partial charge in [0, 0.05) is 25.5 Å². The molecule has 19 heavy (non-hydrogen) atoms. The van der Waals surface area contributed by atoms with Crippen LogP contribution in [0.15, 0.2) is 12.4 Å². The molecular weight excluding hydrogens is 244 g/mol. The van der Waals surface area contributed by atoms with Crippen molar-refractivity contribution >= 4 is 5.78 Å². The van der Waals surface area contributed by atoms with E-state index in [1.165, 1.54) is 6.33 Å². The van der Waals surface area contributed by atoms with Crippen LogP contribution in [0, 0.1) is 5.92 Å². The summed E-state index contributed by atoms with van der Waals surface area (Å²) in [6, 6.07) is 1.71. The Balaban J connectivity index is 1.75. The quantitative estimate of drug-likeness (QED) is 0.751. The lowest BCUT2D eigenvalue weighted by Gasteiger charge is -2.34. The average Bonchev–Trinajstić information content (AvgIpc) is 2.36. The molecule has 0 N–H and O–H groups in total. The molecule has 1 aromatic rings. The molecule has 0 aliphatic heterocycles. The zero-order chi connectivity index (χ0) is 13.7. The number of Topliss-reactive ketones (excluding diaryl/α,β-unsaturated/α-hetero) is 1. The van der Waals surface area contributed by atoms with E-state index in [0.717, 1.165) is 25.1 Å². The van der Waals surface area contributed by atoms with Gasteiger partial charge in [-0.05, 0) is 25.7 Å². The second kappa shape index (κ2) is 6.61. The van der Waals surface area contributed by atoms with Crippen molar-refractivity contribution in [3.63, 3.8) is 0 Å². The lowest BCUT2D eigenvalue weighted by molar-refractivity contribution is -0.121. The normalized spacial score (nSPS) is 21.8. The first kappa shape index (κ1) is 13.9. The predicted molar refractivity (Wildman–Crippen MR) is 70.1 cm³/mol. The predicted octanol–water partition coefficient (Wildman–Crippen LogP) is 1.80. The highest BCUT2D eigenvalue weighted by atomic mass is 16.5. The lowest BCUT2D eigenvalue weighted by atomic mass is 9.78. The van der Waals surface area contributed by atoms with Crippen LogP contribution in [0.3, 0.4) is 0 Å². The van der Waals surface area contributed by atoms with E-state index in [1.807, 2.05) is 6.92 Å². The monoisotopic (exact) mass is 264 g/mol. The molecule has 5 nitrogen and oxygen atoms in total. The van der Waals surface area contributed by atoms with Crippen molar-refractivity contribution in [3.8, 4) is 5.88 Å². The molecule has 0 bridgehead atoms. The fourth-order valence-corrected chi connectivity index (χ4v) is 2.39. The first-order chi connectivity index (χ1) is 9.21. The van der Waals surface area contributed by atoms with Crippen LogP contribution in [-0.4, -0.2) is 35.6 Å². The smallest absolute Gasteiger partial charge is 0.216 e. The lowest BCUT2D eigenvalue weighted by Crippen LogP contribution is -2.33. The fourth-order valence-electron chi connectivity index (χ4n) is 2.39. The van der Waals surface area contributed by atoms with E-state index in [2.05, 4.69) is 9.97 Å². The molecule has 5 heteroatoms. The molecule has 1 aromatic heterocycles. The molecule has 0 spiro atoms. The summed E-state index contributed by atoms with van der Waals surface area (Å²) < 4.78 is 10.5. The molecule has 1 aliphatic carbocycles. The summed E-state index contributed by atoms with van der Waals surface area (Å²) in [5, 5.41) is 0. The number of rotatable bonds is 7. The Hall–Kier alpha value is -1.49. The molecule has 2 rings (SSSR count). The topological polar surface area (TPSA) is 61.3 Å². The minimum absolute atomic E-state index is 0.223. The van der Waals surface area contributed by atoms with Crippen LogP contribution in [0.1, 0.15) is 31.9 Å². The molecule has 0 radical (unpaired) electrons. The molecule has 1 fully saturated rings. The maximum atomic E-state index is 11.9. The van der Waals surface area contributed by atoms with Crippen molar-refractivity contribution in [2.45, 2.75) is 38.7 Å². The molecule has 0 aromatic carbocycles. The van der Waals surface area contributed by atoms with Gasteiger partial charge in [0.1, 0.15) is 12.1 Å². The van der Waals surface area contributed by atoms with E-state index in [1.54, 1.807) is 13.2 Å². The highest BCUT2D eigenvalue weighted by Gasteiger charge is 2.30. The van der Waals surface area contributed by atoms with Crippen LogP contribution < -0.4 is 4.74 Å². The summed E-state index contributed by atoms with van der Waals surface area (Å²) in [5.41, 5.74) is 0.720. The number of ketones is 1. The maximum Gasteiger partial charge on any atom is 0.216 e. The number of carbonyl (C=O) groups excluding carboxylic acids is 1. The number of hydrogen-bond donors (Lipinski definition) is 0. The van der Waals surface area contributed by atoms with Crippen molar-refractivity contribution in [3.05, 3.63) is 18.1 Å². The van der Waals surface area contributed by atoms with Gasteiger partial charge in [-0.2, -0.15) is 0 Å². The third kappa shape index (κ3) is 3.99. The Morgan fingerprint density at radius 1 is 1.42 bits per heavy atom. The third-order valence-corrected chi connectivity index (χ3v) is 3.40. The number of ether oxygens (including phenoxy) is 2. The van der Waals surface area contributed by atoms with E-state index in [-0.39, 0.29) is 5.78 Å². The van der Waals surface area contributed by atoms with Crippen LogP contribution in [0.4, 0.5) is 0 Å². The van der Waals surface area contributed by atoms with E-state index < -0.39 is 0 Å². The van der Waals surface area contributed by atoms with Gasteiger partial charge in [0.15, 0.2) is 0 Å². The van der Waals surface area contributed by atoms with Gasteiger partial charge in [-0.25, -0.2) is 9.97 Å². The Kier molecular flexibility index (Phi) is 4.85. The van der Waals surface area contributed by atoms with E-state index in [9.17, 15) is 4.79 Å². The zero-order valence-corrected chi connectivity index (χ0v) is 11.5. The van der Waals surface area contributed by atoms with Crippen LogP contribution in [0.25, 0.3) is 0 Å². The summed E-state index contributed by atoms with van der Waals surface area (Å²) in [7, 11) is 1.55. The highest BCUT2D eigenvalue weighted by Crippen LogP contribution is 2.33. The number of hydrogen-bond acceptors (Lipinski definition) is 5. The molecule has 0 amide bonds. The van der Waals surface area contributed by atoms with E-state index >= 15 is 0 Å². The Morgan fingerprint density at radius 2 is 2.21 bits per heavy atom. The van der Waals surface area contributed by atoms with Gasteiger partial charge >= 0.3 is 0 Å². The second-order valence-corrected chi connectivity index (χ2v) is 4.89. The summed E-state index contributed by atoms with van der Waals surface area (Å²) in [6.07, 6.45) is 4.78. The maximum absolute atomic E-state index is 11.9. The van der Waals surface area contributed by atoms with Gasteiger partial charge in [0.05, 0.1) is 18.9 Å². The van der Waals surface area contributed by atoms with Crippen molar-refractivity contribution in [2.24, 2.45) is 5.92 Å². The minimum atomic E-state index is 0.223. The van der Waals surface area contributed by atoms with Crippen molar-refractivity contribution in [2.75, 3.05) is 13.7 Å². The van der Waals surface area contributed by atoms with Crippen molar-refractivity contribution in [1.82, 2.24) is 9.97 Å². The molecule has 1 saturated carbocycles. The molecule has 0 atom stereocenters. The number of aromatic nitrogens is 2. The van der Waals surface area contributed by atoms with Crippen LogP contribution >= 0.6 is 0 Å². The second-order valence-electron chi connectivity index (χ2n) is 4.89. The van der Waals surface area contributed by atoms with Crippen LogP contribution in [-0.2, 0) is 16.0 Å². The van der Waals surface area contributed by atoms with Crippen molar-refractivity contribution in [1.29, 1.82) is 0 Å². The molecule has 104 valence electrons. The van der Waals surface area contributed by atoms with E-state index in [0.29, 0.717) is 30.7 Å². The Labute approximate surface area is 113 Å².